The maximum Gasteiger partial charge on any atom is 0.0273 e. The van der Waals surface area contributed by atoms with Crippen molar-refractivity contribution in [1.82, 2.24) is 10.3 Å². The van der Waals surface area contributed by atoms with Crippen LogP contribution in [0.3, 0.4) is 0 Å². The summed E-state index contributed by atoms with van der Waals surface area (Å²) in [6, 6.07) is 4.85. The van der Waals surface area contributed by atoms with Crippen molar-refractivity contribution in [3.8, 4) is 0 Å². The summed E-state index contributed by atoms with van der Waals surface area (Å²) < 4.78 is 0. The van der Waals surface area contributed by atoms with Crippen molar-refractivity contribution in [2.24, 2.45) is 0 Å². The standard InChI is InChI=1S/C13H18N2/c1-2-15-13-5-3-4-12(10-13)11-6-8-14-9-7-11/h4,6-9,13,15H,2-3,5,10H2,1H3. The Bertz CT molecular complexity index is 330. The van der Waals surface area contributed by atoms with Gasteiger partial charge in [-0.05, 0) is 49.1 Å². The van der Waals surface area contributed by atoms with Crippen LogP contribution >= 0.6 is 0 Å². The van der Waals surface area contributed by atoms with Gasteiger partial charge in [0.1, 0.15) is 0 Å². The second-order valence-electron chi connectivity index (χ2n) is 4.00. The van der Waals surface area contributed by atoms with E-state index in [1.54, 1.807) is 0 Å². The number of hydrogen-bond acceptors (Lipinski definition) is 2. The molecule has 1 aliphatic rings. The number of nitrogens with one attached hydrogen (secondary N) is 1. The highest BCUT2D eigenvalue weighted by Crippen LogP contribution is 2.26. The lowest BCUT2D eigenvalue weighted by Gasteiger charge is -2.23. The topological polar surface area (TPSA) is 24.9 Å². The molecule has 1 N–H and O–H groups in total. The Hall–Kier alpha value is -1.15. The summed E-state index contributed by atoms with van der Waals surface area (Å²) in [5.41, 5.74) is 2.79. The molecule has 0 aliphatic heterocycles. The Balaban J connectivity index is 2.07. The molecule has 0 aromatic carbocycles. The quantitative estimate of drug-likeness (QED) is 0.815. The van der Waals surface area contributed by atoms with Crippen LogP contribution in [-0.2, 0) is 0 Å². The van der Waals surface area contributed by atoms with Gasteiger partial charge in [-0.1, -0.05) is 13.0 Å². The molecule has 1 aromatic rings. The third-order valence-electron chi connectivity index (χ3n) is 2.92. The van der Waals surface area contributed by atoms with Crippen LogP contribution in [0, 0.1) is 0 Å². The summed E-state index contributed by atoms with van der Waals surface area (Å²) in [5, 5.41) is 3.53. The molecule has 0 saturated heterocycles. The fraction of sp³-hybridized carbons (Fsp3) is 0.462. The highest BCUT2D eigenvalue weighted by atomic mass is 14.9. The summed E-state index contributed by atoms with van der Waals surface area (Å²) in [6.07, 6.45) is 9.71. The van der Waals surface area contributed by atoms with Crippen LogP contribution in [0.4, 0.5) is 0 Å². The normalized spacial score (nSPS) is 21.1. The monoisotopic (exact) mass is 202 g/mol. The van der Waals surface area contributed by atoms with Crippen molar-refractivity contribution in [3.63, 3.8) is 0 Å². The number of aromatic nitrogens is 1. The second kappa shape index (κ2) is 5.08. The van der Waals surface area contributed by atoms with Crippen LogP contribution in [0.1, 0.15) is 31.7 Å². The zero-order valence-corrected chi connectivity index (χ0v) is 9.24. The Morgan fingerprint density at radius 1 is 1.40 bits per heavy atom. The van der Waals surface area contributed by atoms with Gasteiger partial charge < -0.3 is 5.32 Å². The molecule has 0 fully saturated rings. The van der Waals surface area contributed by atoms with Gasteiger partial charge in [0.15, 0.2) is 0 Å². The summed E-state index contributed by atoms with van der Waals surface area (Å²) in [5.74, 6) is 0. The average molecular weight is 202 g/mol. The predicted molar refractivity (Wildman–Crippen MR) is 63.5 cm³/mol. The Labute approximate surface area is 91.4 Å². The van der Waals surface area contributed by atoms with Crippen LogP contribution in [0.2, 0.25) is 0 Å². The molecule has 15 heavy (non-hydrogen) atoms. The highest BCUT2D eigenvalue weighted by molar-refractivity contribution is 5.66. The first-order valence-electron chi connectivity index (χ1n) is 5.73. The minimum Gasteiger partial charge on any atom is -0.314 e. The largest absolute Gasteiger partial charge is 0.314 e. The van der Waals surface area contributed by atoms with E-state index in [4.69, 9.17) is 0 Å². The average Bonchev–Trinajstić information content (AvgIpc) is 2.31. The van der Waals surface area contributed by atoms with Gasteiger partial charge in [-0.15, -0.1) is 0 Å². The molecule has 0 bridgehead atoms. The van der Waals surface area contributed by atoms with Gasteiger partial charge >= 0.3 is 0 Å². The maximum absolute atomic E-state index is 4.05. The van der Waals surface area contributed by atoms with Crippen molar-refractivity contribution < 1.29 is 0 Å². The lowest BCUT2D eigenvalue weighted by Crippen LogP contribution is -2.30. The lowest BCUT2D eigenvalue weighted by molar-refractivity contribution is 0.495. The molecule has 1 unspecified atom stereocenters. The number of nitrogens with zero attached hydrogens (tertiary/aromatic N) is 1. The van der Waals surface area contributed by atoms with Gasteiger partial charge in [-0.3, -0.25) is 4.98 Å². The fourth-order valence-corrected chi connectivity index (χ4v) is 2.17. The van der Waals surface area contributed by atoms with Crippen LogP contribution < -0.4 is 5.32 Å². The first-order chi connectivity index (χ1) is 7.40. The van der Waals surface area contributed by atoms with E-state index in [-0.39, 0.29) is 0 Å². The zero-order valence-electron chi connectivity index (χ0n) is 9.24. The number of hydrogen-bond donors (Lipinski definition) is 1. The molecule has 1 aliphatic carbocycles. The third kappa shape index (κ3) is 2.66. The molecule has 2 heteroatoms. The van der Waals surface area contributed by atoms with Crippen LogP contribution in [-0.4, -0.2) is 17.6 Å². The predicted octanol–water partition coefficient (Wildman–Crippen LogP) is 2.63. The number of pyridine rings is 1. The van der Waals surface area contributed by atoms with E-state index < -0.39 is 0 Å². The van der Waals surface area contributed by atoms with Gasteiger partial charge in [0.05, 0.1) is 0 Å². The molecule has 1 aromatic heterocycles. The molecule has 0 radical (unpaired) electrons. The van der Waals surface area contributed by atoms with Crippen molar-refractivity contribution in [2.45, 2.75) is 32.2 Å². The van der Waals surface area contributed by atoms with Crippen molar-refractivity contribution in [1.29, 1.82) is 0 Å². The second-order valence-corrected chi connectivity index (χ2v) is 4.00. The fourth-order valence-electron chi connectivity index (χ4n) is 2.17. The SMILES string of the molecule is CCNC1CCC=C(c2ccncc2)C1. The smallest absolute Gasteiger partial charge is 0.0273 e. The zero-order chi connectivity index (χ0) is 10.5. The molecular weight excluding hydrogens is 184 g/mol. The molecule has 0 amide bonds. The first-order valence-corrected chi connectivity index (χ1v) is 5.73. The van der Waals surface area contributed by atoms with Gasteiger partial charge in [0.25, 0.3) is 0 Å². The van der Waals surface area contributed by atoms with E-state index in [0.29, 0.717) is 6.04 Å². The van der Waals surface area contributed by atoms with E-state index in [1.165, 1.54) is 24.0 Å². The lowest BCUT2D eigenvalue weighted by atomic mass is 9.90. The summed E-state index contributed by atoms with van der Waals surface area (Å²) in [7, 11) is 0. The van der Waals surface area contributed by atoms with Crippen LogP contribution in [0.5, 0.6) is 0 Å². The van der Waals surface area contributed by atoms with Crippen LogP contribution in [0.15, 0.2) is 30.6 Å². The Morgan fingerprint density at radius 2 is 2.20 bits per heavy atom. The summed E-state index contributed by atoms with van der Waals surface area (Å²) in [4.78, 5) is 4.05. The van der Waals surface area contributed by atoms with Crippen molar-refractivity contribution in [3.05, 3.63) is 36.2 Å². The van der Waals surface area contributed by atoms with E-state index in [2.05, 4.69) is 35.4 Å². The number of rotatable bonds is 3. The minimum absolute atomic E-state index is 0.656. The van der Waals surface area contributed by atoms with E-state index in [1.807, 2.05) is 12.4 Å². The van der Waals surface area contributed by atoms with Gasteiger partial charge in [0.2, 0.25) is 0 Å². The molecule has 2 rings (SSSR count). The van der Waals surface area contributed by atoms with E-state index in [9.17, 15) is 0 Å². The van der Waals surface area contributed by atoms with Crippen molar-refractivity contribution in [2.75, 3.05) is 6.54 Å². The molecule has 0 spiro atoms. The summed E-state index contributed by atoms with van der Waals surface area (Å²) in [6.45, 7) is 3.23. The van der Waals surface area contributed by atoms with Crippen molar-refractivity contribution >= 4 is 5.57 Å². The van der Waals surface area contributed by atoms with E-state index in [0.717, 1.165) is 13.0 Å². The molecule has 80 valence electrons. The van der Waals surface area contributed by atoms with Gasteiger partial charge in [-0.25, -0.2) is 0 Å². The molecule has 1 heterocycles. The highest BCUT2D eigenvalue weighted by Gasteiger charge is 2.14. The third-order valence-corrected chi connectivity index (χ3v) is 2.92. The number of allylic oxidation sites excluding steroid dienone is 1. The Morgan fingerprint density at radius 3 is 2.93 bits per heavy atom. The molecule has 1 atom stereocenters. The molecular formula is C13H18N2. The molecule has 2 nitrogen and oxygen atoms in total. The Kier molecular flexibility index (Phi) is 3.51. The molecule has 0 saturated carbocycles. The minimum atomic E-state index is 0.656. The summed E-state index contributed by atoms with van der Waals surface area (Å²) >= 11 is 0. The van der Waals surface area contributed by atoms with Crippen LogP contribution in [0.25, 0.3) is 5.57 Å². The van der Waals surface area contributed by atoms with E-state index >= 15 is 0 Å². The van der Waals surface area contributed by atoms with Gasteiger partial charge in [-0.2, -0.15) is 0 Å². The first kappa shape index (κ1) is 10.4. The maximum atomic E-state index is 4.05. The van der Waals surface area contributed by atoms with Gasteiger partial charge in [0, 0.05) is 18.4 Å².